The maximum atomic E-state index is 15.0. The lowest BCUT2D eigenvalue weighted by molar-refractivity contribution is 0.0320. The van der Waals surface area contributed by atoms with Gasteiger partial charge in [-0.15, -0.1) is 33.0 Å². The fourth-order valence-electron chi connectivity index (χ4n) is 6.09. The topological polar surface area (TPSA) is 144 Å². The molecule has 0 bridgehead atoms. The number of amides is 1. The number of aromatic nitrogens is 4. The summed E-state index contributed by atoms with van der Waals surface area (Å²) >= 11 is 2.84. The number of carbonyl (C=O) groups is 2. The van der Waals surface area contributed by atoms with Gasteiger partial charge in [0.05, 0.1) is 23.4 Å². The highest BCUT2D eigenvalue weighted by molar-refractivity contribution is 7.16. The number of unbranched alkanes of at least 4 members (excludes halogenated alkanes) is 1. The number of aryl methyl sites for hydroxylation is 2. The van der Waals surface area contributed by atoms with Crippen LogP contribution in [0.5, 0.6) is 5.75 Å². The van der Waals surface area contributed by atoms with Crippen LogP contribution in [0.15, 0.2) is 53.5 Å². The molecule has 3 aromatic heterocycles. The number of thiazole rings is 2. The Morgan fingerprint density at radius 3 is 2.42 bits per heavy atom. The molecule has 18 heteroatoms. The zero-order valence-electron chi connectivity index (χ0n) is 40.0. The number of hydrogen-bond acceptors (Lipinski definition) is 12. The molecule has 1 N–H and O–H groups in total. The number of carbonyl (C=O) groups excluding carboxylic acids is 1. The number of ether oxygens (including phenoxy) is 3. The summed E-state index contributed by atoms with van der Waals surface area (Å²) in [6.07, 6.45) is 1.59. The van der Waals surface area contributed by atoms with Crippen LogP contribution in [0.3, 0.4) is 0 Å². The highest BCUT2D eigenvalue weighted by Gasteiger charge is 2.24. The summed E-state index contributed by atoms with van der Waals surface area (Å²) in [5, 5.41) is 20.0. The van der Waals surface area contributed by atoms with Gasteiger partial charge in [-0.25, -0.2) is 19.0 Å². The first-order chi connectivity index (χ1) is 31.1. The van der Waals surface area contributed by atoms with E-state index >= 15 is 4.39 Å². The van der Waals surface area contributed by atoms with Gasteiger partial charge in [-0.3, -0.25) is 4.57 Å². The third kappa shape index (κ3) is 15.9. The molecule has 352 valence electrons. The number of hydrogen-bond donors (Lipinski definition) is 1. The molecule has 5 rings (SSSR count). The number of fused-ring (bicyclic) bond motifs is 1. The Balaban J connectivity index is 1.33. The highest BCUT2D eigenvalue weighted by atomic mass is 32.1. The summed E-state index contributed by atoms with van der Waals surface area (Å²) < 4.78 is 35.5. The molecule has 13 nitrogen and oxygen atoms in total. The van der Waals surface area contributed by atoms with Gasteiger partial charge in [0.2, 0.25) is 0 Å². The molecule has 0 aliphatic rings. The Hall–Kier alpha value is -5.38. The van der Waals surface area contributed by atoms with Crippen LogP contribution >= 0.6 is 22.7 Å². The molecule has 0 spiro atoms. The molecule has 3 heterocycles. The molecule has 0 aliphatic carbocycles. The molecule has 0 radical (unpaired) electrons. The second-order valence-corrected chi connectivity index (χ2v) is 31.5. The SMILES string of the molecule is Cc1cc(N(CCCC#C[Si](C)(C)C)c2nc(C(=O)O)c(CCCOc3ccc(C#CCN(C)C(=O)OC(C)(C)C)cc3F)s2)nnc1N=c1sc2ccccc2n1COCC[Si](C)(C)C. The third-order valence-electron chi connectivity index (χ3n) is 9.49. The van der Waals surface area contributed by atoms with Crippen molar-refractivity contribution in [3.63, 3.8) is 0 Å². The Bertz CT molecular complexity index is 2690. The number of carboxylic acids is 1. The first kappa shape index (κ1) is 51.6. The summed E-state index contributed by atoms with van der Waals surface area (Å²) in [6.45, 7) is 22.7. The van der Waals surface area contributed by atoms with Crippen molar-refractivity contribution in [2.24, 2.45) is 4.99 Å². The minimum absolute atomic E-state index is 0.0513. The Morgan fingerprint density at radius 1 is 0.985 bits per heavy atom. The minimum Gasteiger partial charge on any atom is -0.491 e. The predicted molar refractivity (Wildman–Crippen MR) is 268 cm³/mol. The molecule has 0 atom stereocenters. The van der Waals surface area contributed by atoms with Crippen molar-refractivity contribution in [2.75, 3.05) is 38.3 Å². The first-order valence-corrected chi connectivity index (χ1v) is 30.8. The van der Waals surface area contributed by atoms with E-state index in [1.54, 1.807) is 45.2 Å². The van der Waals surface area contributed by atoms with E-state index in [9.17, 15) is 14.7 Å². The maximum absolute atomic E-state index is 15.0. The number of para-hydroxylation sites is 1. The van der Waals surface area contributed by atoms with Crippen molar-refractivity contribution in [2.45, 2.75) is 111 Å². The zero-order chi connectivity index (χ0) is 48.2. The lowest BCUT2D eigenvalue weighted by atomic mass is 10.2. The molecule has 1 amide bonds. The Labute approximate surface area is 398 Å². The zero-order valence-corrected chi connectivity index (χ0v) is 43.6. The molecule has 0 aliphatic heterocycles. The average Bonchev–Trinajstić information content (AvgIpc) is 3.80. The second-order valence-electron chi connectivity index (χ2n) is 19.1. The van der Waals surface area contributed by atoms with E-state index in [1.807, 2.05) is 30.0 Å². The van der Waals surface area contributed by atoms with Crippen LogP contribution in [0.4, 0.5) is 26.0 Å². The van der Waals surface area contributed by atoms with Gasteiger partial charge in [0.25, 0.3) is 0 Å². The third-order valence-corrected chi connectivity index (χ3v) is 14.3. The van der Waals surface area contributed by atoms with Crippen LogP contribution in [0.2, 0.25) is 45.3 Å². The lowest BCUT2D eigenvalue weighted by Gasteiger charge is -2.23. The van der Waals surface area contributed by atoms with Crippen LogP contribution in [-0.2, 0) is 22.6 Å². The van der Waals surface area contributed by atoms with Gasteiger partial charge in [0.15, 0.2) is 38.8 Å². The smallest absolute Gasteiger partial charge is 0.410 e. The van der Waals surface area contributed by atoms with E-state index in [0.717, 1.165) is 26.6 Å². The van der Waals surface area contributed by atoms with Gasteiger partial charge < -0.3 is 29.1 Å². The summed E-state index contributed by atoms with van der Waals surface area (Å²) in [4.78, 5) is 38.9. The summed E-state index contributed by atoms with van der Waals surface area (Å²) in [5.41, 5.74) is 4.99. The molecule has 0 fully saturated rings. The fraction of sp³-hybridized carbons (Fsp3) is 0.458. The van der Waals surface area contributed by atoms with E-state index in [-0.39, 0.29) is 24.6 Å². The molecule has 0 unspecified atom stereocenters. The van der Waals surface area contributed by atoms with Crippen molar-refractivity contribution < 1.29 is 33.3 Å². The van der Waals surface area contributed by atoms with E-state index < -0.39 is 39.6 Å². The standard InChI is InChI=1S/C48H62FN7O6S2Si2/c1-34-31-41(52-53-43(34)51-46-56(33-60-28-30-66(9,10)11)37-20-13-14-21-39(37)63-46)55(26-15-12-16-29-65(6,7)8)45-50-42(44(57)58)40(64-45)22-18-27-61-38-24-23-35(32-36(38)49)19-17-25-54(5)47(59)62-48(2,3)4/h13-14,20-21,23-24,31-32H,12,15,18,22,25-28,30,33H2,1-11H3,(H,57,58). The van der Waals surface area contributed by atoms with Crippen LogP contribution < -0.4 is 14.4 Å². The van der Waals surface area contributed by atoms with E-state index in [4.69, 9.17) is 19.2 Å². The quantitative estimate of drug-likeness (QED) is 0.0512. The summed E-state index contributed by atoms with van der Waals surface area (Å²) in [7, 11) is -1.24. The van der Waals surface area contributed by atoms with Crippen molar-refractivity contribution >= 4 is 77.9 Å². The summed E-state index contributed by atoms with van der Waals surface area (Å²) in [5.74, 6) is 8.37. The number of anilines is 2. The van der Waals surface area contributed by atoms with Gasteiger partial charge in [0.1, 0.15) is 20.4 Å². The second kappa shape index (κ2) is 22.9. The lowest BCUT2D eigenvalue weighted by Crippen LogP contribution is -2.34. The molecule has 5 aromatic rings. The molecular formula is C48H62FN7O6S2Si2. The van der Waals surface area contributed by atoms with Gasteiger partial charge in [-0.1, -0.05) is 74.6 Å². The van der Waals surface area contributed by atoms with E-state index in [2.05, 4.69) is 94.5 Å². The fourth-order valence-corrected chi connectivity index (χ4v) is 9.65. The van der Waals surface area contributed by atoms with Gasteiger partial charge in [-0.2, -0.15) is 4.99 Å². The number of carboxylic acid groups (broad SMARTS) is 1. The van der Waals surface area contributed by atoms with E-state index in [1.165, 1.54) is 28.4 Å². The molecule has 2 aromatic carbocycles. The number of aromatic carboxylic acids is 1. The number of nitrogens with zero attached hydrogens (tertiary/aromatic N) is 7. The number of rotatable bonds is 18. The molecule has 0 saturated carbocycles. The Kier molecular flexibility index (Phi) is 17.9. The molecule has 0 saturated heterocycles. The average molecular weight is 972 g/mol. The van der Waals surface area contributed by atoms with Crippen molar-refractivity contribution in [1.82, 2.24) is 24.6 Å². The van der Waals surface area contributed by atoms with Crippen molar-refractivity contribution in [1.29, 1.82) is 0 Å². The largest absolute Gasteiger partial charge is 0.491 e. The van der Waals surface area contributed by atoms with Crippen LogP contribution in [0.1, 0.15) is 66.5 Å². The van der Waals surface area contributed by atoms with E-state index in [0.29, 0.717) is 72.8 Å². The number of benzene rings is 2. The van der Waals surface area contributed by atoms with Crippen molar-refractivity contribution in [3.05, 3.63) is 80.8 Å². The van der Waals surface area contributed by atoms with Gasteiger partial charge >= 0.3 is 12.1 Å². The van der Waals surface area contributed by atoms with Crippen LogP contribution in [0, 0.1) is 36.0 Å². The minimum atomic E-state index is -1.56. The number of halogens is 1. The molecular weight excluding hydrogens is 910 g/mol. The first-order valence-electron chi connectivity index (χ1n) is 22.0. The predicted octanol–water partition coefficient (Wildman–Crippen LogP) is 10.7. The van der Waals surface area contributed by atoms with Crippen LogP contribution in [0.25, 0.3) is 10.2 Å². The normalized spacial score (nSPS) is 12.0. The van der Waals surface area contributed by atoms with Crippen LogP contribution in [-0.4, -0.2) is 96.9 Å². The molecule has 66 heavy (non-hydrogen) atoms. The van der Waals surface area contributed by atoms with Gasteiger partial charge in [0, 0.05) is 45.1 Å². The maximum Gasteiger partial charge on any atom is 0.410 e. The highest BCUT2D eigenvalue weighted by Crippen LogP contribution is 2.34. The van der Waals surface area contributed by atoms with Crippen molar-refractivity contribution in [3.8, 4) is 29.1 Å². The Morgan fingerprint density at radius 2 is 1.74 bits per heavy atom. The van der Waals surface area contributed by atoms with Gasteiger partial charge in [-0.05, 0) is 95.0 Å². The monoisotopic (exact) mass is 971 g/mol. The summed E-state index contributed by atoms with van der Waals surface area (Å²) in [6, 6.07) is 15.5.